The van der Waals surface area contributed by atoms with Crippen molar-refractivity contribution in [1.82, 2.24) is 0 Å². The number of rotatable bonds is 6. The van der Waals surface area contributed by atoms with Crippen LogP contribution in [0, 0.1) is 5.82 Å². The first-order valence-corrected chi connectivity index (χ1v) is 8.08. The molecular weight excluding hydrogens is 301 g/mol. The smallest absolute Gasteiger partial charge is 0.306 e. The van der Waals surface area contributed by atoms with Crippen molar-refractivity contribution in [3.63, 3.8) is 0 Å². The van der Waals surface area contributed by atoms with Gasteiger partial charge in [-0.1, -0.05) is 0 Å². The zero-order chi connectivity index (χ0) is 16.0. The minimum Gasteiger partial charge on any atom is -0.466 e. The van der Waals surface area contributed by atoms with Gasteiger partial charge in [0.25, 0.3) is 0 Å². The van der Waals surface area contributed by atoms with Gasteiger partial charge in [0, 0.05) is 12.7 Å². The molecule has 1 aromatic carbocycles. The normalized spacial score (nSPS) is 11.0. The Labute approximate surface area is 122 Å². The highest BCUT2D eigenvalue weighted by atomic mass is 32.2. The van der Waals surface area contributed by atoms with Crippen LogP contribution in [-0.4, -0.2) is 33.2 Å². The summed E-state index contributed by atoms with van der Waals surface area (Å²) in [6.45, 7) is 1.86. The molecule has 116 valence electrons. The van der Waals surface area contributed by atoms with Gasteiger partial charge in [0.15, 0.2) is 9.84 Å². The first-order chi connectivity index (χ1) is 9.74. The largest absolute Gasteiger partial charge is 0.466 e. The second-order valence-corrected chi connectivity index (χ2v) is 6.28. The highest BCUT2D eigenvalue weighted by Gasteiger charge is 2.14. The Morgan fingerprint density at radius 2 is 1.95 bits per heavy atom. The van der Waals surface area contributed by atoms with Crippen LogP contribution in [0.15, 0.2) is 23.1 Å². The Morgan fingerprint density at radius 1 is 1.29 bits per heavy atom. The number of hydrogen-bond acceptors (Lipinski definition) is 5. The SMILES string of the molecule is CCOC(=O)CCC(=O)Nc1cc(S(C)(=O)=O)ccc1F. The van der Waals surface area contributed by atoms with Crippen molar-refractivity contribution in [1.29, 1.82) is 0 Å². The third-order valence-electron chi connectivity index (χ3n) is 2.50. The number of sulfone groups is 1. The predicted octanol–water partition coefficient (Wildman–Crippen LogP) is 1.51. The molecule has 1 aromatic rings. The summed E-state index contributed by atoms with van der Waals surface area (Å²) in [5, 5.41) is 2.23. The van der Waals surface area contributed by atoms with Gasteiger partial charge in [-0.05, 0) is 25.1 Å². The molecule has 1 N–H and O–H groups in total. The van der Waals surface area contributed by atoms with Crippen LogP contribution in [-0.2, 0) is 24.2 Å². The predicted molar refractivity (Wildman–Crippen MR) is 74.0 cm³/mol. The van der Waals surface area contributed by atoms with Crippen molar-refractivity contribution < 1.29 is 27.1 Å². The van der Waals surface area contributed by atoms with Gasteiger partial charge >= 0.3 is 5.97 Å². The number of carbonyl (C=O) groups excluding carboxylic acids is 2. The first kappa shape index (κ1) is 17.1. The van der Waals surface area contributed by atoms with Gasteiger partial charge in [-0.2, -0.15) is 0 Å². The van der Waals surface area contributed by atoms with Crippen molar-refractivity contribution in [2.45, 2.75) is 24.7 Å². The summed E-state index contributed by atoms with van der Waals surface area (Å²) in [5.74, 6) is -1.89. The Bertz CT molecular complexity index is 642. The van der Waals surface area contributed by atoms with E-state index >= 15 is 0 Å². The fraction of sp³-hybridized carbons (Fsp3) is 0.385. The molecule has 0 unspecified atom stereocenters. The molecule has 0 aliphatic rings. The molecule has 0 saturated heterocycles. The topological polar surface area (TPSA) is 89.5 Å². The second-order valence-electron chi connectivity index (χ2n) is 4.27. The van der Waals surface area contributed by atoms with Crippen LogP contribution in [0.1, 0.15) is 19.8 Å². The maximum atomic E-state index is 13.5. The van der Waals surface area contributed by atoms with E-state index in [1.807, 2.05) is 0 Å². The van der Waals surface area contributed by atoms with E-state index in [1.54, 1.807) is 6.92 Å². The fourth-order valence-electron chi connectivity index (χ4n) is 1.49. The molecule has 0 atom stereocenters. The summed E-state index contributed by atoms with van der Waals surface area (Å²) in [5.41, 5.74) is -0.244. The van der Waals surface area contributed by atoms with Gasteiger partial charge in [0.05, 0.1) is 23.6 Å². The molecule has 21 heavy (non-hydrogen) atoms. The molecule has 0 bridgehead atoms. The standard InChI is InChI=1S/C13H16FNO5S/c1-3-20-13(17)7-6-12(16)15-11-8-9(21(2,18)19)4-5-10(11)14/h4-5,8H,3,6-7H2,1-2H3,(H,15,16). The first-order valence-electron chi connectivity index (χ1n) is 6.19. The summed E-state index contributed by atoms with van der Waals surface area (Å²) in [6.07, 6.45) is 0.668. The minimum absolute atomic E-state index is 0.107. The molecule has 1 amide bonds. The van der Waals surface area contributed by atoms with E-state index in [0.29, 0.717) is 0 Å². The van der Waals surface area contributed by atoms with Gasteiger partial charge in [0.2, 0.25) is 5.91 Å². The van der Waals surface area contributed by atoms with E-state index in [4.69, 9.17) is 0 Å². The third kappa shape index (κ3) is 5.50. The zero-order valence-corrected chi connectivity index (χ0v) is 12.5. The highest BCUT2D eigenvalue weighted by Crippen LogP contribution is 2.19. The third-order valence-corrected chi connectivity index (χ3v) is 3.61. The summed E-state index contributed by atoms with van der Waals surface area (Å²) in [7, 11) is -3.50. The van der Waals surface area contributed by atoms with Crippen LogP contribution in [0.3, 0.4) is 0 Å². The van der Waals surface area contributed by atoms with Crippen LogP contribution >= 0.6 is 0 Å². The number of anilines is 1. The molecule has 0 fully saturated rings. The fourth-order valence-corrected chi connectivity index (χ4v) is 2.14. The summed E-state index contributed by atoms with van der Waals surface area (Å²) in [4.78, 5) is 22.6. The number of benzene rings is 1. The average molecular weight is 317 g/mol. The number of amides is 1. The summed E-state index contributed by atoms with van der Waals surface area (Å²) >= 11 is 0. The lowest BCUT2D eigenvalue weighted by atomic mass is 10.2. The number of hydrogen-bond donors (Lipinski definition) is 1. The Kier molecular flexibility index (Phi) is 5.83. The van der Waals surface area contributed by atoms with Crippen LogP contribution in [0.5, 0.6) is 0 Å². The van der Waals surface area contributed by atoms with E-state index in [0.717, 1.165) is 24.5 Å². The maximum absolute atomic E-state index is 13.5. The molecule has 0 heterocycles. The Balaban J connectivity index is 2.74. The van der Waals surface area contributed by atoms with E-state index in [9.17, 15) is 22.4 Å². The van der Waals surface area contributed by atoms with Crippen LogP contribution < -0.4 is 5.32 Å². The molecule has 0 saturated carbocycles. The summed E-state index contributed by atoms with van der Waals surface area (Å²) < 4.78 is 40.9. The Hall–Kier alpha value is -1.96. The molecule has 8 heteroatoms. The van der Waals surface area contributed by atoms with Crippen molar-refractivity contribution in [3.05, 3.63) is 24.0 Å². The molecule has 0 aliphatic carbocycles. The van der Waals surface area contributed by atoms with Crippen LogP contribution in [0.4, 0.5) is 10.1 Å². The van der Waals surface area contributed by atoms with Crippen molar-refractivity contribution in [2.24, 2.45) is 0 Å². The van der Waals surface area contributed by atoms with Gasteiger partial charge in [-0.15, -0.1) is 0 Å². The van der Waals surface area contributed by atoms with Gasteiger partial charge < -0.3 is 10.1 Å². The van der Waals surface area contributed by atoms with E-state index < -0.39 is 27.5 Å². The Morgan fingerprint density at radius 3 is 2.52 bits per heavy atom. The molecule has 6 nitrogen and oxygen atoms in total. The number of esters is 1. The van der Waals surface area contributed by atoms with Gasteiger partial charge in [-0.3, -0.25) is 9.59 Å². The van der Waals surface area contributed by atoms with Crippen LogP contribution in [0.25, 0.3) is 0 Å². The van der Waals surface area contributed by atoms with E-state index in [-0.39, 0.29) is 30.0 Å². The van der Waals surface area contributed by atoms with Crippen LogP contribution in [0.2, 0.25) is 0 Å². The molecule has 0 aromatic heterocycles. The molecule has 0 radical (unpaired) electrons. The second kappa shape index (κ2) is 7.16. The molecule has 0 aliphatic heterocycles. The summed E-state index contributed by atoms with van der Waals surface area (Å²) in [6, 6.07) is 3.10. The zero-order valence-electron chi connectivity index (χ0n) is 11.7. The van der Waals surface area contributed by atoms with Gasteiger partial charge in [-0.25, -0.2) is 12.8 Å². The van der Waals surface area contributed by atoms with E-state index in [1.165, 1.54) is 0 Å². The minimum atomic E-state index is -3.50. The molecular formula is C13H16FNO5S. The molecule has 1 rings (SSSR count). The number of carbonyl (C=O) groups is 2. The lowest BCUT2D eigenvalue weighted by Gasteiger charge is -2.08. The van der Waals surface area contributed by atoms with Crippen molar-refractivity contribution in [2.75, 3.05) is 18.2 Å². The number of halogens is 1. The monoisotopic (exact) mass is 317 g/mol. The highest BCUT2D eigenvalue weighted by molar-refractivity contribution is 7.90. The maximum Gasteiger partial charge on any atom is 0.306 e. The van der Waals surface area contributed by atoms with E-state index in [2.05, 4.69) is 10.1 Å². The number of ether oxygens (including phenoxy) is 1. The van der Waals surface area contributed by atoms with Gasteiger partial charge in [0.1, 0.15) is 5.82 Å². The molecule has 0 spiro atoms. The lowest BCUT2D eigenvalue weighted by Crippen LogP contribution is -2.15. The lowest BCUT2D eigenvalue weighted by molar-refractivity contribution is -0.144. The quantitative estimate of drug-likeness (QED) is 0.634. The van der Waals surface area contributed by atoms with Crippen molar-refractivity contribution >= 4 is 27.4 Å². The number of nitrogens with one attached hydrogen (secondary N) is 1. The van der Waals surface area contributed by atoms with Crippen molar-refractivity contribution in [3.8, 4) is 0 Å². The average Bonchev–Trinajstić information content (AvgIpc) is 2.38.